The van der Waals surface area contributed by atoms with E-state index in [0.717, 1.165) is 19.5 Å². The Balaban J connectivity index is 1.87. The average Bonchev–Trinajstić information content (AvgIpc) is 2.91. The molecule has 0 bridgehead atoms. The Morgan fingerprint density at radius 1 is 0.960 bits per heavy atom. The molecule has 1 heterocycles. The molecule has 1 N–H and O–H groups in total. The molecule has 2 aromatic rings. The summed E-state index contributed by atoms with van der Waals surface area (Å²) in [5.41, 5.74) is 1.03. The van der Waals surface area contributed by atoms with Crippen LogP contribution in [0, 0.1) is 0 Å². The van der Waals surface area contributed by atoms with Gasteiger partial charge in [0.25, 0.3) is 5.91 Å². The molecular formula is C19H22N2O3S. The highest BCUT2D eigenvalue weighted by Gasteiger charge is 2.23. The number of carbonyl (C=O) groups excluding carboxylic acids is 1. The molecule has 0 radical (unpaired) electrons. The summed E-state index contributed by atoms with van der Waals surface area (Å²) in [7, 11) is -3.49. The molecule has 1 fully saturated rings. The van der Waals surface area contributed by atoms with E-state index in [4.69, 9.17) is 0 Å². The SMILES string of the molecule is O=C(c1ccccc1CS(=O)(=O)c1ccccc1)N1CCCNCC1. The van der Waals surface area contributed by atoms with E-state index >= 15 is 0 Å². The van der Waals surface area contributed by atoms with Crippen molar-refractivity contribution >= 4 is 15.7 Å². The van der Waals surface area contributed by atoms with Crippen molar-refractivity contribution < 1.29 is 13.2 Å². The highest BCUT2D eigenvalue weighted by Crippen LogP contribution is 2.20. The normalized spacial score (nSPS) is 15.6. The van der Waals surface area contributed by atoms with E-state index in [1.165, 1.54) is 0 Å². The van der Waals surface area contributed by atoms with Gasteiger partial charge in [-0.25, -0.2) is 8.42 Å². The van der Waals surface area contributed by atoms with Gasteiger partial charge in [0, 0.05) is 25.2 Å². The fraction of sp³-hybridized carbons (Fsp3) is 0.316. The molecule has 1 saturated heterocycles. The number of rotatable bonds is 4. The minimum absolute atomic E-state index is 0.0949. The molecule has 5 nitrogen and oxygen atoms in total. The van der Waals surface area contributed by atoms with E-state index in [0.29, 0.717) is 24.2 Å². The monoisotopic (exact) mass is 358 g/mol. The van der Waals surface area contributed by atoms with Crippen molar-refractivity contribution in [1.29, 1.82) is 0 Å². The minimum atomic E-state index is -3.49. The van der Waals surface area contributed by atoms with Gasteiger partial charge in [0.05, 0.1) is 10.6 Å². The highest BCUT2D eigenvalue weighted by molar-refractivity contribution is 7.90. The summed E-state index contributed by atoms with van der Waals surface area (Å²) in [5, 5.41) is 3.27. The quantitative estimate of drug-likeness (QED) is 0.909. The maximum atomic E-state index is 12.9. The Kier molecular flexibility index (Phi) is 5.50. The molecule has 3 rings (SSSR count). The fourth-order valence-corrected chi connectivity index (χ4v) is 4.39. The lowest BCUT2D eigenvalue weighted by molar-refractivity contribution is 0.0765. The van der Waals surface area contributed by atoms with Crippen molar-refractivity contribution in [3.8, 4) is 0 Å². The summed E-state index contributed by atoms with van der Waals surface area (Å²) < 4.78 is 25.3. The molecule has 0 saturated carbocycles. The summed E-state index contributed by atoms with van der Waals surface area (Å²) in [6.45, 7) is 2.98. The Bertz CT molecular complexity index is 827. The summed E-state index contributed by atoms with van der Waals surface area (Å²) >= 11 is 0. The summed E-state index contributed by atoms with van der Waals surface area (Å²) in [6, 6.07) is 15.4. The van der Waals surface area contributed by atoms with Crippen LogP contribution in [0.2, 0.25) is 0 Å². The molecule has 1 aliphatic heterocycles. The zero-order valence-electron chi connectivity index (χ0n) is 14.0. The van der Waals surface area contributed by atoms with E-state index in [9.17, 15) is 13.2 Å². The Hall–Kier alpha value is -2.18. The predicted octanol–water partition coefficient (Wildman–Crippen LogP) is 2.10. The van der Waals surface area contributed by atoms with Crippen molar-refractivity contribution in [1.82, 2.24) is 10.2 Å². The first kappa shape index (κ1) is 17.6. The van der Waals surface area contributed by atoms with Gasteiger partial charge >= 0.3 is 0 Å². The lowest BCUT2D eigenvalue weighted by Gasteiger charge is -2.21. The van der Waals surface area contributed by atoms with Gasteiger partial charge in [0.1, 0.15) is 0 Å². The van der Waals surface area contributed by atoms with Crippen LogP contribution in [0.3, 0.4) is 0 Å². The van der Waals surface area contributed by atoms with Crippen LogP contribution in [-0.4, -0.2) is 45.4 Å². The van der Waals surface area contributed by atoms with Gasteiger partial charge in [-0.15, -0.1) is 0 Å². The largest absolute Gasteiger partial charge is 0.337 e. The van der Waals surface area contributed by atoms with Gasteiger partial charge in [0.15, 0.2) is 9.84 Å². The second-order valence-electron chi connectivity index (χ2n) is 6.13. The zero-order chi connectivity index (χ0) is 17.7. The van der Waals surface area contributed by atoms with Crippen LogP contribution in [0.1, 0.15) is 22.3 Å². The number of benzene rings is 2. The molecule has 0 atom stereocenters. The van der Waals surface area contributed by atoms with Gasteiger partial charge < -0.3 is 10.2 Å². The van der Waals surface area contributed by atoms with Gasteiger partial charge in [0.2, 0.25) is 0 Å². The van der Waals surface area contributed by atoms with Crippen molar-refractivity contribution in [3.63, 3.8) is 0 Å². The van der Waals surface area contributed by atoms with E-state index in [2.05, 4.69) is 5.32 Å². The molecular weight excluding hydrogens is 336 g/mol. The van der Waals surface area contributed by atoms with Crippen molar-refractivity contribution in [3.05, 3.63) is 65.7 Å². The average molecular weight is 358 g/mol. The third-order valence-corrected chi connectivity index (χ3v) is 6.00. The van der Waals surface area contributed by atoms with Gasteiger partial charge in [-0.1, -0.05) is 36.4 Å². The smallest absolute Gasteiger partial charge is 0.254 e. The van der Waals surface area contributed by atoms with E-state index in [1.54, 1.807) is 59.5 Å². The number of nitrogens with zero attached hydrogens (tertiary/aromatic N) is 1. The molecule has 0 aliphatic carbocycles. The summed E-state index contributed by atoms with van der Waals surface area (Å²) in [6.07, 6.45) is 0.899. The lowest BCUT2D eigenvalue weighted by Crippen LogP contribution is -2.34. The number of nitrogens with one attached hydrogen (secondary N) is 1. The number of amides is 1. The summed E-state index contributed by atoms with van der Waals surface area (Å²) in [5.74, 6) is -0.270. The maximum Gasteiger partial charge on any atom is 0.254 e. The van der Waals surface area contributed by atoms with Crippen molar-refractivity contribution in [2.75, 3.05) is 26.2 Å². The van der Waals surface area contributed by atoms with Crippen LogP contribution < -0.4 is 5.32 Å². The second-order valence-corrected chi connectivity index (χ2v) is 8.11. The van der Waals surface area contributed by atoms with E-state index < -0.39 is 9.84 Å². The molecule has 0 aromatic heterocycles. The predicted molar refractivity (Wildman–Crippen MR) is 97.2 cm³/mol. The Morgan fingerprint density at radius 2 is 1.68 bits per heavy atom. The Labute approximate surface area is 148 Å². The Morgan fingerprint density at radius 3 is 2.48 bits per heavy atom. The van der Waals surface area contributed by atoms with E-state index in [1.807, 2.05) is 0 Å². The van der Waals surface area contributed by atoms with Gasteiger partial charge in [-0.2, -0.15) is 0 Å². The number of hydrogen-bond donors (Lipinski definition) is 1. The van der Waals surface area contributed by atoms with Gasteiger partial charge in [-0.05, 0) is 36.7 Å². The van der Waals surface area contributed by atoms with Crippen LogP contribution in [-0.2, 0) is 15.6 Å². The van der Waals surface area contributed by atoms with Crippen LogP contribution >= 0.6 is 0 Å². The van der Waals surface area contributed by atoms with Crippen LogP contribution in [0.5, 0.6) is 0 Å². The molecule has 6 heteroatoms. The second kappa shape index (κ2) is 7.80. The van der Waals surface area contributed by atoms with Gasteiger partial charge in [-0.3, -0.25) is 4.79 Å². The summed E-state index contributed by atoms with van der Waals surface area (Å²) in [4.78, 5) is 15.0. The highest BCUT2D eigenvalue weighted by atomic mass is 32.2. The number of hydrogen-bond acceptors (Lipinski definition) is 4. The molecule has 132 valence electrons. The fourth-order valence-electron chi connectivity index (χ4n) is 2.99. The molecule has 0 unspecified atom stereocenters. The van der Waals surface area contributed by atoms with Crippen LogP contribution in [0.4, 0.5) is 0 Å². The maximum absolute atomic E-state index is 12.9. The first-order valence-electron chi connectivity index (χ1n) is 8.44. The zero-order valence-corrected chi connectivity index (χ0v) is 14.8. The van der Waals surface area contributed by atoms with Crippen molar-refractivity contribution in [2.24, 2.45) is 0 Å². The molecule has 1 aliphatic rings. The lowest BCUT2D eigenvalue weighted by atomic mass is 10.1. The number of sulfone groups is 1. The first-order chi connectivity index (χ1) is 12.1. The third kappa shape index (κ3) is 4.27. The minimum Gasteiger partial charge on any atom is -0.337 e. The van der Waals surface area contributed by atoms with E-state index in [-0.39, 0.29) is 16.6 Å². The molecule has 25 heavy (non-hydrogen) atoms. The topological polar surface area (TPSA) is 66.5 Å². The molecule has 0 spiro atoms. The standard InChI is InChI=1S/C19H22N2O3S/c22-19(21-13-6-11-20-12-14-21)18-10-5-4-7-16(18)15-25(23,24)17-8-2-1-3-9-17/h1-5,7-10,20H,6,11-15H2. The number of carbonyl (C=O) groups is 1. The molecule has 2 aromatic carbocycles. The van der Waals surface area contributed by atoms with Crippen LogP contribution in [0.25, 0.3) is 0 Å². The van der Waals surface area contributed by atoms with Crippen molar-refractivity contribution in [2.45, 2.75) is 17.1 Å². The van der Waals surface area contributed by atoms with Crippen LogP contribution in [0.15, 0.2) is 59.5 Å². The molecule has 1 amide bonds. The third-order valence-electron chi connectivity index (χ3n) is 4.32. The first-order valence-corrected chi connectivity index (χ1v) is 10.1.